The Bertz CT molecular complexity index is 1010. The van der Waals surface area contributed by atoms with Gasteiger partial charge in [0.2, 0.25) is 0 Å². The van der Waals surface area contributed by atoms with Gasteiger partial charge in [0, 0.05) is 23.4 Å². The molecule has 28 heavy (non-hydrogen) atoms. The maximum absolute atomic E-state index is 5.43. The lowest BCUT2D eigenvalue weighted by atomic mass is 10.0. The Morgan fingerprint density at radius 3 is 2.75 bits per heavy atom. The molecule has 0 aliphatic carbocycles. The minimum absolute atomic E-state index is 0.269. The quantitative estimate of drug-likeness (QED) is 0.545. The van der Waals surface area contributed by atoms with E-state index in [4.69, 9.17) is 4.52 Å². The predicted octanol–water partition coefficient (Wildman–Crippen LogP) is 3.15. The van der Waals surface area contributed by atoms with E-state index in [2.05, 4.69) is 56.2 Å². The van der Waals surface area contributed by atoms with Crippen LogP contribution in [0.4, 0.5) is 5.82 Å². The molecular formula is C20H23N7O. The molecule has 1 aromatic carbocycles. The molecule has 1 aliphatic heterocycles. The van der Waals surface area contributed by atoms with Crippen molar-refractivity contribution in [2.75, 3.05) is 5.32 Å². The van der Waals surface area contributed by atoms with E-state index in [1.807, 2.05) is 49.4 Å². The molecule has 8 nitrogen and oxygen atoms in total. The Hall–Kier alpha value is -3.55. The lowest BCUT2D eigenvalue weighted by molar-refractivity contribution is 0.386. The zero-order chi connectivity index (χ0) is 19.6. The number of nitrogens with zero attached hydrogens (tertiary/aromatic N) is 3. The standard InChI is InChI=1S/C20H23N7O/c1-13-9-17(26-25-13)22-18-11-20(2,3)24-19(23-18)21-12-15-10-16(27-28-15)14-7-5-4-6-8-14/h4-11H,12H2,1-3H3,(H2,21,23,24)(H2,22,25,26). The lowest BCUT2D eigenvalue weighted by Crippen LogP contribution is -2.53. The van der Waals surface area contributed by atoms with Crippen LogP contribution in [0.25, 0.3) is 11.3 Å². The number of aliphatic imine (C=N–C) groups is 1. The smallest absolute Gasteiger partial charge is 0.198 e. The number of guanidine groups is 1. The Kier molecular flexibility index (Phi) is 4.60. The van der Waals surface area contributed by atoms with E-state index in [0.717, 1.165) is 28.6 Å². The molecule has 0 radical (unpaired) electrons. The third kappa shape index (κ3) is 4.22. The molecule has 0 saturated carbocycles. The largest absolute Gasteiger partial charge is 0.359 e. The third-order valence-electron chi connectivity index (χ3n) is 4.19. The van der Waals surface area contributed by atoms with Crippen molar-refractivity contribution in [1.82, 2.24) is 26.0 Å². The summed E-state index contributed by atoms with van der Waals surface area (Å²) in [6, 6.07) is 13.8. The molecule has 4 N–H and O–H groups in total. The molecule has 0 amide bonds. The van der Waals surface area contributed by atoms with Crippen LogP contribution in [0.5, 0.6) is 0 Å². The Morgan fingerprint density at radius 2 is 2.00 bits per heavy atom. The summed E-state index contributed by atoms with van der Waals surface area (Å²) in [5.41, 5.74) is 2.54. The van der Waals surface area contributed by atoms with E-state index in [-0.39, 0.29) is 5.54 Å². The molecule has 4 rings (SSSR count). The van der Waals surface area contributed by atoms with Gasteiger partial charge in [-0.05, 0) is 26.8 Å². The maximum Gasteiger partial charge on any atom is 0.198 e. The first-order chi connectivity index (χ1) is 13.5. The van der Waals surface area contributed by atoms with E-state index in [1.54, 1.807) is 0 Å². The second-order valence-electron chi connectivity index (χ2n) is 7.30. The van der Waals surface area contributed by atoms with Crippen molar-refractivity contribution >= 4 is 11.8 Å². The molecule has 0 unspecified atom stereocenters. The number of rotatable bonds is 5. The highest BCUT2D eigenvalue weighted by Gasteiger charge is 2.24. The van der Waals surface area contributed by atoms with Crippen LogP contribution in [0.1, 0.15) is 25.3 Å². The van der Waals surface area contributed by atoms with E-state index in [1.165, 1.54) is 0 Å². The van der Waals surface area contributed by atoms with Gasteiger partial charge in [0.05, 0.1) is 5.54 Å². The van der Waals surface area contributed by atoms with Crippen molar-refractivity contribution in [3.63, 3.8) is 0 Å². The molecule has 3 aromatic rings. The second-order valence-corrected chi connectivity index (χ2v) is 7.30. The van der Waals surface area contributed by atoms with Crippen molar-refractivity contribution in [2.45, 2.75) is 32.9 Å². The summed E-state index contributed by atoms with van der Waals surface area (Å²) in [6.45, 7) is 6.48. The van der Waals surface area contributed by atoms with Crippen LogP contribution < -0.4 is 16.0 Å². The molecule has 144 valence electrons. The van der Waals surface area contributed by atoms with Crippen LogP contribution >= 0.6 is 0 Å². The average molecular weight is 377 g/mol. The van der Waals surface area contributed by atoms with Crippen LogP contribution in [0.2, 0.25) is 0 Å². The number of nitrogens with one attached hydrogen (secondary N) is 4. The van der Waals surface area contributed by atoms with Crippen molar-refractivity contribution < 1.29 is 4.52 Å². The van der Waals surface area contributed by atoms with Gasteiger partial charge in [-0.25, -0.2) is 4.99 Å². The third-order valence-corrected chi connectivity index (χ3v) is 4.19. The molecule has 0 saturated heterocycles. The number of aromatic amines is 1. The average Bonchev–Trinajstić information content (AvgIpc) is 3.28. The van der Waals surface area contributed by atoms with Crippen LogP contribution in [-0.2, 0) is 6.54 Å². The fraction of sp³-hybridized carbons (Fsp3) is 0.250. The number of hydrogen-bond donors (Lipinski definition) is 4. The highest BCUT2D eigenvalue weighted by Crippen LogP contribution is 2.19. The number of hydrogen-bond acceptors (Lipinski definition) is 5. The Balaban J connectivity index is 1.46. The van der Waals surface area contributed by atoms with E-state index in [0.29, 0.717) is 18.3 Å². The van der Waals surface area contributed by atoms with Gasteiger partial charge >= 0.3 is 0 Å². The second kappa shape index (κ2) is 7.22. The first kappa shape index (κ1) is 17.8. The molecule has 2 aromatic heterocycles. The van der Waals surface area contributed by atoms with E-state index < -0.39 is 0 Å². The van der Waals surface area contributed by atoms with Gasteiger partial charge < -0.3 is 20.5 Å². The summed E-state index contributed by atoms with van der Waals surface area (Å²) >= 11 is 0. The lowest BCUT2D eigenvalue weighted by Gasteiger charge is -2.32. The van der Waals surface area contributed by atoms with Crippen molar-refractivity contribution in [3.05, 3.63) is 65.8 Å². The predicted molar refractivity (Wildman–Crippen MR) is 108 cm³/mol. The van der Waals surface area contributed by atoms with Gasteiger partial charge in [0.15, 0.2) is 17.5 Å². The molecule has 0 bridgehead atoms. The minimum Gasteiger partial charge on any atom is -0.359 e. The van der Waals surface area contributed by atoms with Gasteiger partial charge in [0.25, 0.3) is 0 Å². The van der Waals surface area contributed by atoms with Gasteiger partial charge in [-0.2, -0.15) is 5.10 Å². The van der Waals surface area contributed by atoms with Crippen LogP contribution in [0.3, 0.4) is 0 Å². The van der Waals surface area contributed by atoms with E-state index in [9.17, 15) is 0 Å². The zero-order valence-corrected chi connectivity index (χ0v) is 16.1. The summed E-state index contributed by atoms with van der Waals surface area (Å²) in [5.74, 6) is 2.91. The van der Waals surface area contributed by atoms with Gasteiger partial charge in [-0.15, -0.1) is 0 Å². The number of anilines is 1. The van der Waals surface area contributed by atoms with Crippen molar-refractivity contribution in [2.24, 2.45) is 4.99 Å². The first-order valence-electron chi connectivity index (χ1n) is 9.09. The summed E-state index contributed by atoms with van der Waals surface area (Å²) in [6.07, 6.45) is 2.05. The molecule has 0 atom stereocenters. The molecule has 0 fully saturated rings. The van der Waals surface area contributed by atoms with Crippen LogP contribution in [0.15, 0.2) is 63.9 Å². The topological polar surface area (TPSA) is 103 Å². The number of H-pyrrole nitrogens is 1. The monoisotopic (exact) mass is 377 g/mol. The minimum atomic E-state index is -0.269. The van der Waals surface area contributed by atoms with Crippen molar-refractivity contribution in [1.29, 1.82) is 0 Å². The van der Waals surface area contributed by atoms with Crippen molar-refractivity contribution in [3.8, 4) is 11.3 Å². The number of aryl methyl sites for hydroxylation is 1. The summed E-state index contributed by atoms with van der Waals surface area (Å²) in [5, 5.41) is 21.1. The molecule has 8 heteroatoms. The van der Waals surface area contributed by atoms with E-state index >= 15 is 0 Å². The maximum atomic E-state index is 5.43. The zero-order valence-electron chi connectivity index (χ0n) is 16.1. The fourth-order valence-corrected chi connectivity index (χ4v) is 2.95. The van der Waals surface area contributed by atoms with Crippen LogP contribution in [-0.4, -0.2) is 26.9 Å². The molecule has 0 spiro atoms. The molecule has 3 heterocycles. The first-order valence-corrected chi connectivity index (χ1v) is 9.09. The summed E-state index contributed by atoms with van der Waals surface area (Å²) < 4.78 is 5.43. The van der Waals surface area contributed by atoms with Gasteiger partial charge in [-0.1, -0.05) is 35.5 Å². The molecule has 1 aliphatic rings. The molecular weight excluding hydrogens is 354 g/mol. The highest BCUT2D eigenvalue weighted by molar-refractivity contribution is 5.84. The normalized spacial score (nSPS) is 17.0. The Morgan fingerprint density at radius 1 is 1.18 bits per heavy atom. The number of aromatic nitrogens is 3. The highest BCUT2D eigenvalue weighted by atomic mass is 16.5. The summed E-state index contributed by atoms with van der Waals surface area (Å²) in [4.78, 5) is 4.60. The number of benzene rings is 1. The Labute approximate surface area is 163 Å². The van der Waals surface area contributed by atoms with Crippen LogP contribution in [0, 0.1) is 6.92 Å². The SMILES string of the molecule is Cc1cc(NC2=CC(C)(C)NC(=NCc3cc(-c4ccccc4)no3)N2)n[nH]1. The van der Waals surface area contributed by atoms with Gasteiger partial charge in [-0.3, -0.25) is 5.10 Å². The fourth-order valence-electron chi connectivity index (χ4n) is 2.95. The summed E-state index contributed by atoms with van der Waals surface area (Å²) in [7, 11) is 0. The van der Waals surface area contributed by atoms with Gasteiger partial charge in [0.1, 0.15) is 18.1 Å².